The average Bonchev–Trinajstić information content (AvgIpc) is 3.70. The van der Waals surface area contributed by atoms with Crippen molar-refractivity contribution in [2.45, 2.75) is 131 Å². The largest absolute Gasteiger partial charge is 0.459 e. The van der Waals surface area contributed by atoms with Crippen molar-refractivity contribution in [2.75, 3.05) is 26.3 Å². The fourth-order valence-electron chi connectivity index (χ4n) is 3.98. The molecule has 0 aromatic carbocycles. The molecule has 13 heteroatoms. The van der Waals surface area contributed by atoms with Crippen LogP contribution in [0, 0.1) is 11.3 Å². The summed E-state index contributed by atoms with van der Waals surface area (Å²) < 4.78 is 5.04. The molecular weight excluding hydrogens is 597 g/mol. The molecule has 2 fully saturated rings. The summed E-state index contributed by atoms with van der Waals surface area (Å²) in [6, 6.07) is -2.17. The number of hydrogen-bond acceptors (Lipinski definition) is 8. The number of carbonyl (C=O) groups is 6. The first-order chi connectivity index (χ1) is 20.8. The van der Waals surface area contributed by atoms with Gasteiger partial charge in [-0.2, -0.15) is 0 Å². The number of likely N-dealkylation sites (N-methyl/N-ethyl adjacent to an activating group) is 1. The predicted molar refractivity (Wildman–Crippen MR) is 182 cm³/mol. The molecule has 0 aromatic heterocycles. The summed E-state index contributed by atoms with van der Waals surface area (Å²) in [6.07, 6.45) is 5.79. The number of urea groups is 1. The fourth-order valence-corrected chi connectivity index (χ4v) is 5.42. The highest BCUT2D eigenvalue weighted by Crippen LogP contribution is 2.39. The molecule has 0 bridgehead atoms. The van der Waals surface area contributed by atoms with Gasteiger partial charge in [0, 0.05) is 0 Å². The standard InChI is InChI=1S/C14H24N3O3P.C13H24N2O4.C3H8.C2H6/c1-8-5-6-17(2)11(8)14(20)16-10(12(18)13(15)19)7-21-9-3-4-9;1-12(2,3)9(8-16)15-11(18)14-7-10(17)19-13(4,5)6;1-3-2;1-2/h8-11,21H,3-7H2,1-2H3,(H2,15,19)(H,16,20);8-9H,7H2,1-6H3,(H2,14,15,18);3H2,1-2H3;1-2H3. The summed E-state index contributed by atoms with van der Waals surface area (Å²) in [4.78, 5) is 71.2. The van der Waals surface area contributed by atoms with Crippen LogP contribution in [0.1, 0.15) is 102 Å². The Balaban J connectivity index is 0. The van der Waals surface area contributed by atoms with Crippen molar-refractivity contribution in [3.63, 3.8) is 0 Å². The Hall–Kier alpha value is -2.59. The molecule has 0 spiro atoms. The van der Waals surface area contributed by atoms with E-state index >= 15 is 0 Å². The molecule has 1 aliphatic carbocycles. The van der Waals surface area contributed by atoms with E-state index < -0.39 is 41.4 Å². The van der Waals surface area contributed by atoms with E-state index in [2.05, 4.69) is 29.8 Å². The number of likely N-dealkylation sites (tertiary alicyclic amines) is 1. The van der Waals surface area contributed by atoms with Crippen LogP contribution in [0.3, 0.4) is 0 Å². The molecule has 1 saturated carbocycles. The minimum absolute atomic E-state index is 0.164. The van der Waals surface area contributed by atoms with Gasteiger partial charge >= 0.3 is 12.0 Å². The van der Waals surface area contributed by atoms with Gasteiger partial charge in [0.05, 0.1) is 12.1 Å². The fraction of sp³-hybridized carbons (Fsp3) is 0.812. The summed E-state index contributed by atoms with van der Waals surface area (Å²) in [5.41, 5.74) is 4.79. The zero-order valence-corrected chi connectivity index (χ0v) is 30.8. The van der Waals surface area contributed by atoms with Crippen molar-refractivity contribution in [2.24, 2.45) is 17.1 Å². The summed E-state index contributed by atoms with van der Waals surface area (Å²) in [7, 11) is 2.51. The number of nitrogens with one attached hydrogen (secondary N) is 3. The van der Waals surface area contributed by atoms with E-state index in [1.807, 2.05) is 53.5 Å². The van der Waals surface area contributed by atoms with Crippen molar-refractivity contribution in [1.29, 1.82) is 0 Å². The van der Waals surface area contributed by atoms with Gasteiger partial charge in [-0.15, -0.1) is 8.58 Å². The molecule has 0 aromatic rings. The number of nitrogens with two attached hydrogens (primary N) is 1. The lowest BCUT2D eigenvalue weighted by molar-refractivity contribution is -0.153. The van der Waals surface area contributed by atoms with Crippen LogP contribution in [0.5, 0.6) is 0 Å². The van der Waals surface area contributed by atoms with Crippen molar-refractivity contribution in [1.82, 2.24) is 20.9 Å². The minimum atomic E-state index is -0.964. The quantitative estimate of drug-likeness (QED) is 0.113. The molecule has 0 radical (unpaired) electrons. The molecule has 1 saturated heterocycles. The number of rotatable bonds is 11. The molecule has 2 rings (SSSR count). The smallest absolute Gasteiger partial charge is 0.325 e. The Bertz CT molecular complexity index is 935. The number of nitrogens with zero attached hydrogens (tertiary/aromatic N) is 1. The topological polar surface area (TPSA) is 177 Å². The van der Waals surface area contributed by atoms with Gasteiger partial charge in [0.1, 0.15) is 24.5 Å². The van der Waals surface area contributed by atoms with Gasteiger partial charge in [0.2, 0.25) is 11.7 Å². The molecule has 262 valence electrons. The molecule has 5 atom stereocenters. The van der Waals surface area contributed by atoms with Crippen LogP contribution in [-0.4, -0.2) is 96.5 Å². The Kier molecular flexibility index (Phi) is 21.8. The van der Waals surface area contributed by atoms with Gasteiger partial charge in [-0.3, -0.25) is 24.1 Å². The maximum absolute atomic E-state index is 12.4. The first-order valence-corrected chi connectivity index (χ1v) is 17.3. The molecule has 1 aliphatic heterocycles. The number of esters is 1. The van der Waals surface area contributed by atoms with Crippen molar-refractivity contribution < 1.29 is 33.5 Å². The summed E-state index contributed by atoms with van der Waals surface area (Å²) in [5.74, 6) is -2.08. The zero-order valence-electron chi connectivity index (χ0n) is 29.8. The Morgan fingerprint density at radius 2 is 1.53 bits per heavy atom. The molecule has 4 amide bonds. The number of hydrogen-bond donors (Lipinski definition) is 4. The molecule has 5 unspecified atom stereocenters. The van der Waals surface area contributed by atoms with Crippen molar-refractivity contribution in [3.8, 4) is 0 Å². The molecule has 45 heavy (non-hydrogen) atoms. The van der Waals surface area contributed by atoms with E-state index in [1.54, 1.807) is 20.8 Å². The molecule has 12 nitrogen and oxygen atoms in total. The van der Waals surface area contributed by atoms with Gasteiger partial charge in [-0.1, -0.05) is 61.8 Å². The zero-order chi connectivity index (χ0) is 35.5. The highest BCUT2D eigenvalue weighted by Gasteiger charge is 2.37. The van der Waals surface area contributed by atoms with E-state index in [0.717, 1.165) is 13.0 Å². The second-order valence-corrected chi connectivity index (χ2v) is 14.9. The van der Waals surface area contributed by atoms with E-state index in [-0.39, 0.29) is 29.8 Å². The normalized spacial score (nSPS) is 19.2. The van der Waals surface area contributed by atoms with Crippen LogP contribution >= 0.6 is 8.58 Å². The number of amides is 4. The van der Waals surface area contributed by atoms with Gasteiger partial charge < -0.3 is 31.2 Å². The lowest BCUT2D eigenvalue weighted by Crippen LogP contribution is -2.53. The predicted octanol–water partition coefficient (Wildman–Crippen LogP) is 3.39. The lowest BCUT2D eigenvalue weighted by Gasteiger charge is -2.26. The van der Waals surface area contributed by atoms with E-state index in [4.69, 9.17) is 10.5 Å². The maximum Gasteiger partial charge on any atom is 0.325 e. The molecule has 1 heterocycles. The second-order valence-electron chi connectivity index (χ2n) is 13.3. The second kappa shape index (κ2) is 22.0. The molecule has 2 aliphatic rings. The third-order valence-electron chi connectivity index (χ3n) is 6.45. The monoisotopic (exact) mass is 659 g/mol. The van der Waals surface area contributed by atoms with E-state index in [9.17, 15) is 28.8 Å². The van der Waals surface area contributed by atoms with Crippen LogP contribution in [0.25, 0.3) is 0 Å². The van der Waals surface area contributed by atoms with E-state index in [0.29, 0.717) is 26.7 Å². The minimum Gasteiger partial charge on any atom is -0.459 e. The van der Waals surface area contributed by atoms with Gasteiger partial charge in [-0.25, -0.2) is 4.79 Å². The summed E-state index contributed by atoms with van der Waals surface area (Å²) in [5, 5.41) is 7.62. The maximum atomic E-state index is 12.4. The Morgan fingerprint density at radius 1 is 1.00 bits per heavy atom. The summed E-state index contributed by atoms with van der Waals surface area (Å²) in [6.45, 7) is 21.6. The number of primary amides is 1. The first-order valence-electron chi connectivity index (χ1n) is 16.1. The van der Waals surface area contributed by atoms with Crippen LogP contribution in [0.2, 0.25) is 0 Å². The van der Waals surface area contributed by atoms with Crippen LogP contribution in [0.15, 0.2) is 0 Å². The highest BCUT2D eigenvalue weighted by molar-refractivity contribution is 7.39. The van der Waals surface area contributed by atoms with Crippen molar-refractivity contribution >= 4 is 44.5 Å². The van der Waals surface area contributed by atoms with Gasteiger partial charge in [0.15, 0.2) is 0 Å². The number of aldehydes is 1. The van der Waals surface area contributed by atoms with Crippen LogP contribution in [-0.2, 0) is 28.7 Å². The highest BCUT2D eigenvalue weighted by atomic mass is 31.1. The lowest BCUT2D eigenvalue weighted by atomic mass is 9.88. The summed E-state index contributed by atoms with van der Waals surface area (Å²) >= 11 is 0. The Morgan fingerprint density at radius 3 is 1.91 bits per heavy atom. The van der Waals surface area contributed by atoms with Gasteiger partial charge in [0.25, 0.3) is 5.91 Å². The molecule has 5 N–H and O–H groups in total. The SMILES string of the molecule is CC.CC(C)(C)OC(=O)CNC(=O)NC(C=O)C(C)(C)C.CC1CCN(C)C1C(=O)NC(CPC1CC1)C(=O)C(N)=O.CCC. The van der Waals surface area contributed by atoms with Crippen molar-refractivity contribution in [3.05, 3.63) is 0 Å². The number of carbonyl (C=O) groups excluding carboxylic acids is 6. The van der Waals surface area contributed by atoms with Crippen LogP contribution < -0.4 is 21.7 Å². The van der Waals surface area contributed by atoms with Gasteiger partial charge in [-0.05, 0) is 76.8 Å². The Labute approximate surface area is 273 Å². The average molecular weight is 660 g/mol. The first kappa shape index (κ1) is 44.5. The third-order valence-corrected chi connectivity index (χ3v) is 8.25. The number of ether oxygens (including phenoxy) is 1. The number of Topliss-reactive ketones (excluding diaryl/α,β-unsaturated/α-hetero) is 1. The molecular formula is C32H62N5O7P. The number of ketones is 1. The van der Waals surface area contributed by atoms with Crippen LogP contribution in [0.4, 0.5) is 4.79 Å². The third kappa shape index (κ3) is 20.2. The van der Waals surface area contributed by atoms with E-state index in [1.165, 1.54) is 19.3 Å².